The zero-order valence-electron chi connectivity index (χ0n) is 14.6. The molecule has 0 unspecified atom stereocenters. The summed E-state index contributed by atoms with van der Waals surface area (Å²) in [5.74, 6) is -0.719. The Morgan fingerprint density at radius 3 is 2.63 bits per heavy atom. The Morgan fingerprint density at radius 1 is 1.11 bits per heavy atom. The third-order valence-corrected chi connectivity index (χ3v) is 4.37. The zero-order chi connectivity index (χ0) is 19.2. The van der Waals surface area contributed by atoms with Crippen LogP contribution in [-0.4, -0.2) is 28.3 Å². The third kappa shape index (κ3) is 4.77. The fourth-order valence-corrected chi connectivity index (χ4v) is 3.01. The molecular weight excluding hydrogens is 408 g/mol. The van der Waals surface area contributed by atoms with E-state index >= 15 is 0 Å². The van der Waals surface area contributed by atoms with Crippen molar-refractivity contribution in [3.8, 4) is 11.3 Å². The highest BCUT2D eigenvalue weighted by atomic mass is 79.9. The van der Waals surface area contributed by atoms with E-state index in [0.717, 1.165) is 15.6 Å². The first-order valence-electron chi connectivity index (χ1n) is 8.24. The summed E-state index contributed by atoms with van der Waals surface area (Å²) in [5.41, 5.74) is 3.26. The first-order valence-corrected chi connectivity index (χ1v) is 9.03. The van der Waals surface area contributed by atoms with Crippen molar-refractivity contribution in [1.82, 2.24) is 15.3 Å². The standard InChI is InChI=1S/C20H17BrN4O2/c1-13-9-15(21)7-8-17(13)25-18(26)11-23-20(27)16-10-22-12-24-19(16)14-5-3-2-4-6-14/h2-10,12H,11H2,1H3,(H,23,27)(H,25,26). The molecule has 2 aromatic carbocycles. The van der Waals surface area contributed by atoms with Crippen LogP contribution in [0.5, 0.6) is 0 Å². The SMILES string of the molecule is Cc1cc(Br)ccc1NC(=O)CNC(=O)c1cncnc1-c1ccccc1. The number of aromatic nitrogens is 2. The molecule has 1 heterocycles. The molecule has 2 amide bonds. The summed E-state index contributed by atoms with van der Waals surface area (Å²) < 4.78 is 0.934. The largest absolute Gasteiger partial charge is 0.343 e. The first-order chi connectivity index (χ1) is 13.0. The summed E-state index contributed by atoms with van der Waals surface area (Å²) in [6, 6.07) is 14.9. The number of hydrogen-bond acceptors (Lipinski definition) is 4. The minimum atomic E-state index is -0.405. The summed E-state index contributed by atoms with van der Waals surface area (Å²) in [6.07, 6.45) is 2.84. The number of amides is 2. The normalized spacial score (nSPS) is 10.3. The average molecular weight is 425 g/mol. The molecular formula is C20H17BrN4O2. The number of carbonyl (C=O) groups is 2. The van der Waals surface area contributed by atoms with Crippen LogP contribution in [0.4, 0.5) is 5.69 Å². The van der Waals surface area contributed by atoms with Gasteiger partial charge in [-0.1, -0.05) is 46.3 Å². The van der Waals surface area contributed by atoms with E-state index in [1.807, 2.05) is 49.4 Å². The number of carbonyl (C=O) groups excluding carboxylic acids is 2. The Kier molecular flexibility index (Phi) is 5.93. The van der Waals surface area contributed by atoms with Gasteiger partial charge in [0, 0.05) is 21.9 Å². The van der Waals surface area contributed by atoms with Crippen LogP contribution in [0.2, 0.25) is 0 Å². The number of halogens is 1. The van der Waals surface area contributed by atoms with Gasteiger partial charge in [-0.2, -0.15) is 0 Å². The van der Waals surface area contributed by atoms with E-state index in [1.165, 1.54) is 12.5 Å². The molecule has 0 aliphatic carbocycles. The molecule has 0 fully saturated rings. The molecule has 3 aromatic rings. The molecule has 0 aliphatic rings. The lowest BCUT2D eigenvalue weighted by molar-refractivity contribution is -0.115. The van der Waals surface area contributed by atoms with Crippen LogP contribution in [0.25, 0.3) is 11.3 Å². The van der Waals surface area contributed by atoms with E-state index in [1.54, 1.807) is 6.07 Å². The van der Waals surface area contributed by atoms with Gasteiger partial charge in [0.25, 0.3) is 5.91 Å². The molecule has 136 valence electrons. The van der Waals surface area contributed by atoms with Gasteiger partial charge in [-0.05, 0) is 30.7 Å². The molecule has 0 bridgehead atoms. The van der Waals surface area contributed by atoms with Crippen molar-refractivity contribution in [1.29, 1.82) is 0 Å². The van der Waals surface area contributed by atoms with Crippen LogP contribution < -0.4 is 10.6 Å². The number of rotatable bonds is 5. The summed E-state index contributed by atoms with van der Waals surface area (Å²) in [5, 5.41) is 5.40. The van der Waals surface area contributed by atoms with Crippen molar-refractivity contribution in [3.05, 3.63) is 76.7 Å². The second-order valence-corrected chi connectivity index (χ2v) is 6.76. The molecule has 1 aromatic heterocycles. The monoisotopic (exact) mass is 424 g/mol. The van der Waals surface area contributed by atoms with Gasteiger partial charge in [-0.3, -0.25) is 9.59 Å². The molecule has 0 aliphatic heterocycles. The fourth-order valence-electron chi connectivity index (χ4n) is 2.54. The van der Waals surface area contributed by atoms with Gasteiger partial charge in [0.2, 0.25) is 5.91 Å². The average Bonchev–Trinajstić information content (AvgIpc) is 2.69. The molecule has 3 rings (SSSR count). The van der Waals surface area contributed by atoms with Crippen LogP contribution in [0.3, 0.4) is 0 Å². The lowest BCUT2D eigenvalue weighted by atomic mass is 10.1. The van der Waals surface area contributed by atoms with Crippen LogP contribution in [-0.2, 0) is 4.79 Å². The minimum absolute atomic E-state index is 0.155. The van der Waals surface area contributed by atoms with E-state index in [9.17, 15) is 9.59 Å². The predicted molar refractivity (Wildman–Crippen MR) is 107 cm³/mol. The van der Waals surface area contributed by atoms with Crippen molar-refractivity contribution in [2.75, 3.05) is 11.9 Å². The van der Waals surface area contributed by atoms with Crippen molar-refractivity contribution >= 4 is 33.4 Å². The fraction of sp³-hybridized carbons (Fsp3) is 0.100. The second kappa shape index (κ2) is 8.55. The number of hydrogen-bond donors (Lipinski definition) is 2. The smallest absolute Gasteiger partial charge is 0.255 e. The second-order valence-electron chi connectivity index (χ2n) is 5.84. The highest BCUT2D eigenvalue weighted by Gasteiger charge is 2.15. The zero-order valence-corrected chi connectivity index (χ0v) is 16.2. The minimum Gasteiger partial charge on any atom is -0.343 e. The van der Waals surface area contributed by atoms with Crippen molar-refractivity contribution in [3.63, 3.8) is 0 Å². The van der Waals surface area contributed by atoms with Gasteiger partial charge in [-0.15, -0.1) is 0 Å². The van der Waals surface area contributed by atoms with Gasteiger partial charge >= 0.3 is 0 Å². The molecule has 0 atom stereocenters. The Morgan fingerprint density at radius 2 is 1.89 bits per heavy atom. The molecule has 0 spiro atoms. The number of nitrogens with one attached hydrogen (secondary N) is 2. The summed E-state index contributed by atoms with van der Waals surface area (Å²) in [6.45, 7) is 1.74. The van der Waals surface area contributed by atoms with E-state index in [2.05, 4.69) is 36.5 Å². The Balaban J connectivity index is 1.67. The molecule has 7 heteroatoms. The van der Waals surface area contributed by atoms with Crippen molar-refractivity contribution in [2.45, 2.75) is 6.92 Å². The van der Waals surface area contributed by atoms with E-state index < -0.39 is 5.91 Å². The number of benzene rings is 2. The van der Waals surface area contributed by atoms with Crippen molar-refractivity contribution in [2.24, 2.45) is 0 Å². The van der Waals surface area contributed by atoms with Gasteiger partial charge in [0.1, 0.15) is 6.33 Å². The Bertz CT molecular complexity index is 977. The lowest BCUT2D eigenvalue weighted by Crippen LogP contribution is -2.33. The highest BCUT2D eigenvalue weighted by molar-refractivity contribution is 9.10. The van der Waals surface area contributed by atoms with E-state index in [0.29, 0.717) is 16.9 Å². The Hall–Kier alpha value is -3.06. The summed E-state index contributed by atoms with van der Waals surface area (Å²) in [7, 11) is 0. The molecule has 27 heavy (non-hydrogen) atoms. The maximum atomic E-state index is 12.5. The van der Waals surface area contributed by atoms with Gasteiger partial charge in [-0.25, -0.2) is 9.97 Å². The molecule has 0 radical (unpaired) electrons. The molecule has 0 saturated heterocycles. The summed E-state index contributed by atoms with van der Waals surface area (Å²) >= 11 is 3.38. The third-order valence-electron chi connectivity index (χ3n) is 3.88. The van der Waals surface area contributed by atoms with Crippen LogP contribution in [0.1, 0.15) is 15.9 Å². The van der Waals surface area contributed by atoms with Crippen molar-refractivity contribution < 1.29 is 9.59 Å². The number of aryl methyl sites for hydroxylation is 1. The van der Waals surface area contributed by atoms with Crippen LogP contribution >= 0.6 is 15.9 Å². The maximum absolute atomic E-state index is 12.5. The summed E-state index contributed by atoms with van der Waals surface area (Å²) in [4.78, 5) is 32.8. The van der Waals surface area contributed by atoms with Crippen LogP contribution in [0.15, 0.2) is 65.5 Å². The first kappa shape index (κ1) is 18.7. The molecule has 6 nitrogen and oxygen atoms in total. The van der Waals surface area contributed by atoms with E-state index in [-0.39, 0.29) is 12.5 Å². The predicted octanol–water partition coefficient (Wildman–Crippen LogP) is 3.58. The number of anilines is 1. The van der Waals surface area contributed by atoms with Gasteiger partial charge in [0.15, 0.2) is 0 Å². The maximum Gasteiger partial charge on any atom is 0.255 e. The Labute approximate surface area is 165 Å². The van der Waals surface area contributed by atoms with Gasteiger partial charge < -0.3 is 10.6 Å². The molecule has 2 N–H and O–H groups in total. The topological polar surface area (TPSA) is 84.0 Å². The van der Waals surface area contributed by atoms with Gasteiger partial charge in [0.05, 0.1) is 17.8 Å². The highest BCUT2D eigenvalue weighted by Crippen LogP contribution is 2.21. The quantitative estimate of drug-likeness (QED) is 0.655. The number of nitrogens with zero attached hydrogens (tertiary/aromatic N) is 2. The van der Waals surface area contributed by atoms with E-state index in [4.69, 9.17) is 0 Å². The molecule has 0 saturated carbocycles. The van der Waals surface area contributed by atoms with Crippen LogP contribution in [0, 0.1) is 6.92 Å². The lowest BCUT2D eigenvalue weighted by Gasteiger charge is -2.11.